The lowest BCUT2D eigenvalue weighted by molar-refractivity contribution is -0.127. The monoisotopic (exact) mass is 476 g/mol. The van der Waals surface area contributed by atoms with Crippen LogP contribution >= 0.6 is 23.4 Å². The zero-order valence-electron chi connectivity index (χ0n) is 17.6. The first-order valence-corrected chi connectivity index (χ1v) is 10.7. The Kier molecular flexibility index (Phi) is 7.66. The van der Waals surface area contributed by atoms with Gasteiger partial charge < -0.3 is 19.5 Å². The van der Waals surface area contributed by atoms with E-state index in [0.717, 1.165) is 16.7 Å². The van der Waals surface area contributed by atoms with Crippen molar-refractivity contribution in [3.05, 3.63) is 51.9 Å². The Morgan fingerprint density at radius 3 is 2.41 bits per heavy atom. The maximum absolute atomic E-state index is 12.7. The highest BCUT2D eigenvalue weighted by molar-refractivity contribution is 8.18. The molecule has 2 aromatic carbocycles. The van der Waals surface area contributed by atoms with Gasteiger partial charge >= 0.3 is 0 Å². The number of thioether (sulfide) groups is 1. The van der Waals surface area contributed by atoms with Crippen molar-refractivity contribution in [1.29, 1.82) is 0 Å². The first-order chi connectivity index (χ1) is 15.4. The summed E-state index contributed by atoms with van der Waals surface area (Å²) in [5.74, 6) is 0.468. The van der Waals surface area contributed by atoms with Crippen molar-refractivity contribution in [3.8, 4) is 17.2 Å². The number of methoxy groups -OCH3 is 2. The molecule has 0 spiro atoms. The van der Waals surface area contributed by atoms with Gasteiger partial charge in [-0.15, -0.1) is 0 Å². The quantitative estimate of drug-likeness (QED) is 0.563. The summed E-state index contributed by atoms with van der Waals surface area (Å²) in [6.07, 6.45) is 1.49. The molecule has 10 heteroatoms. The number of carbonyl (C=O) groups is 3. The van der Waals surface area contributed by atoms with Crippen LogP contribution in [0, 0.1) is 0 Å². The maximum atomic E-state index is 12.7. The summed E-state index contributed by atoms with van der Waals surface area (Å²) in [6.45, 7) is 2.00. The molecule has 2 aromatic rings. The normalized spacial score (nSPS) is 14.6. The van der Waals surface area contributed by atoms with Gasteiger partial charge in [-0.1, -0.05) is 11.6 Å². The Morgan fingerprint density at radius 2 is 1.78 bits per heavy atom. The van der Waals surface area contributed by atoms with E-state index in [9.17, 15) is 14.4 Å². The topological polar surface area (TPSA) is 94.2 Å². The molecule has 0 aromatic heterocycles. The number of rotatable bonds is 8. The molecular weight excluding hydrogens is 456 g/mol. The lowest BCUT2D eigenvalue weighted by Crippen LogP contribution is -2.36. The molecule has 1 N–H and O–H groups in total. The van der Waals surface area contributed by atoms with Gasteiger partial charge in [-0.05, 0) is 60.7 Å². The molecule has 8 nitrogen and oxygen atoms in total. The minimum Gasteiger partial charge on any atom is -0.494 e. The standard InChI is InChI=1S/C22H21ClN2O6S/c1-4-31-15-7-5-14(6-8-15)24-20(26)12-25-21(27)19(32-22(25)28)10-13-9-17(29-2)18(30-3)11-16(13)23/h5-11H,4,12H2,1-3H3,(H,24,26)/b19-10+. The fraction of sp³-hybridized carbons (Fsp3) is 0.227. The zero-order valence-corrected chi connectivity index (χ0v) is 19.2. The van der Waals surface area contributed by atoms with E-state index in [1.807, 2.05) is 6.92 Å². The Hall–Kier alpha value is -3.17. The van der Waals surface area contributed by atoms with E-state index in [-0.39, 0.29) is 4.91 Å². The van der Waals surface area contributed by atoms with Crippen molar-refractivity contribution in [1.82, 2.24) is 4.90 Å². The predicted octanol–water partition coefficient (Wildman–Crippen LogP) is 4.43. The van der Waals surface area contributed by atoms with Gasteiger partial charge in [-0.3, -0.25) is 19.3 Å². The average Bonchev–Trinajstić information content (AvgIpc) is 3.03. The van der Waals surface area contributed by atoms with E-state index in [0.29, 0.717) is 40.1 Å². The molecule has 168 valence electrons. The SMILES string of the molecule is CCOc1ccc(NC(=O)CN2C(=O)S/C(=C/c3cc(OC)c(OC)cc3Cl)C2=O)cc1. The molecule has 0 unspecified atom stereocenters. The number of halogens is 1. The van der Waals surface area contributed by atoms with Crippen LogP contribution in [0.3, 0.4) is 0 Å². The van der Waals surface area contributed by atoms with E-state index in [1.54, 1.807) is 36.4 Å². The van der Waals surface area contributed by atoms with Crippen LogP contribution in [0.25, 0.3) is 6.08 Å². The van der Waals surface area contributed by atoms with Crippen LogP contribution in [0.4, 0.5) is 10.5 Å². The first kappa shape index (κ1) is 23.5. The Morgan fingerprint density at radius 1 is 1.12 bits per heavy atom. The van der Waals surface area contributed by atoms with Gasteiger partial charge in [0.2, 0.25) is 5.91 Å². The smallest absolute Gasteiger partial charge is 0.294 e. The molecule has 0 radical (unpaired) electrons. The summed E-state index contributed by atoms with van der Waals surface area (Å²) >= 11 is 7.00. The molecule has 3 amide bonds. The van der Waals surface area contributed by atoms with E-state index >= 15 is 0 Å². The summed E-state index contributed by atoms with van der Waals surface area (Å²) in [7, 11) is 2.96. The number of nitrogens with zero attached hydrogens (tertiary/aromatic N) is 1. The molecule has 0 aliphatic carbocycles. The minimum atomic E-state index is -0.576. The molecule has 1 fully saturated rings. The van der Waals surface area contributed by atoms with Crippen LogP contribution in [0.5, 0.6) is 17.2 Å². The summed E-state index contributed by atoms with van der Waals surface area (Å²) in [5, 5.41) is 2.44. The van der Waals surface area contributed by atoms with Gasteiger partial charge in [-0.2, -0.15) is 0 Å². The van der Waals surface area contributed by atoms with Crippen LogP contribution in [-0.4, -0.2) is 49.3 Å². The molecule has 0 bridgehead atoms. The van der Waals surface area contributed by atoms with Crippen LogP contribution in [0.1, 0.15) is 12.5 Å². The zero-order chi connectivity index (χ0) is 23.3. The van der Waals surface area contributed by atoms with Gasteiger partial charge in [0, 0.05) is 11.8 Å². The predicted molar refractivity (Wildman–Crippen MR) is 123 cm³/mol. The van der Waals surface area contributed by atoms with Crippen molar-refractivity contribution in [2.24, 2.45) is 0 Å². The number of hydrogen-bond acceptors (Lipinski definition) is 7. The van der Waals surface area contributed by atoms with E-state index in [1.165, 1.54) is 20.3 Å². The Bertz CT molecular complexity index is 1070. The lowest BCUT2D eigenvalue weighted by Gasteiger charge is -2.13. The van der Waals surface area contributed by atoms with Gasteiger partial charge in [-0.25, -0.2) is 0 Å². The summed E-state index contributed by atoms with van der Waals surface area (Å²) in [4.78, 5) is 38.5. The van der Waals surface area contributed by atoms with Crippen molar-refractivity contribution < 1.29 is 28.6 Å². The third-order valence-corrected chi connectivity index (χ3v) is 5.65. The van der Waals surface area contributed by atoms with Crippen molar-refractivity contribution in [3.63, 3.8) is 0 Å². The second-order valence-corrected chi connectivity index (χ2v) is 7.90. The highest BCUT2D eigenvalue weighted by Crippen LogP contribution is 2.37. The molecule has 1 aliphatic rings. The molecule has 0 atom stereocenters. The number of benzene rings is 2. The largest absolute Gasteiger partial charge is 0.494 e. The molecular formula is C22H21ClN2O6S. The van der Waals surface area contributed by atoms with Crippen molar-refractivity contribution in [2.45, 2.75) is 6.92 Å². The lowest BCUT2D eigenvalue weighted by atomic mass is 10.1. The first-order valence-electron chi connectivity index (χ1n) is 9.55. The maximum Gasteiger partial charge on any atom is 0.294 e. The molecule has 32 heavy (non-hydrogen) atoms. The highest BCUT2D eigenvalue weighted by Gasteiger charge is 2.36. The number of carbonyl (C=O) groups excluding carboxylic acids is 3. The average molecular weight is 477 g/mol. The number of amides is 3. The highest BCUT2D eigenvalue weighted by atomic mass is 35.5. The minimum absolute atomic E-state index is 0.151. The number of nitrogens with one attached hydrogen (secondary N) is 1. The third-order valence-electron chi connectivity index (χ3n) is 4.41. The number of ether oxygens (including phenoxy) is 3. The van der Waals surface area contributed by atoms with E-state index in [4.69, 9.17) is 25.8 Å². The van der Waals surface area contributed by atoms with Gasteiger partial charge in [0.1, 0.15) is 12.3 Å². The summed E-state index contributed by atoms with van der Waals surface area (Å²) < 4.78 is 15.8. The summed E-state index contributed by atoms with van der Waals surface area (Å²) in [5.41, 5.74) is 1.01. The number of imide groups is 1. The van der Waals surface area contributed by atoms with Crippen LogP contribution in [-0.2, 0) is 9.59 Å². The van der Waals surface area contributed by atoms with Crippen LogP contribution < -0.4 is 19.5 Å². The number of anilines is 1. The third kappa shape index (κ3) is 5.35. The van der Waals surface area contributed by atoms with Gasteiger partial charge in [0.15, 0.2) is 11.5 Å². The molecule has 3 rings (SSSR count). The van der Waals surface area contributed by atoms with Gasteiger partial charge in [0.05, 0.1) is 30.8 Å². The number of hydrogen-bond donors (Lipinski definition) is 1. The second kappa shape index (κ2) is 10.4. The van der Waals surface area contributed by atoms with Gasteiger partial charge in [0.25, 0.3) is 11.1 Å². The fourth-order valence-corrected chi connectivity index (χ4v) is 3.94. The van der Waals surface area contributed by atoms with E-state index in [2.05, 4.69) is 5.32 Å². The van der Waals surface area contributed by atoms with E-state index < -0.39 is 23.6 Å². The Balaban J connectivity index is 1.71. The second-order valence-electron chi connectivity index (χ2n) is 6.50. The molecule has 1 heterocycles. The van der Waals surface area contributed by atoms with Crippen molar-refractivity contribution >= 4 is 52.2 Å². The molecule has 1 saturated heterocycles. The molecule has 0 saturated carbocycles. The fourth-order valence-electron chi connectivity index (χ4n) is 2.90. The van der Waals surface area contributed by atoms with Crippen LogP contribution in [0.15, 0.2) is 41.3 Å². The molecule has 1 aliphatic heterocycles. The van der Waals surface area contributed by atoms with Crippen molar-refractivity contribution in [2.75, 3.05) is 32.7 Å². The Labute approximate surface area is 194 Å². The van der Waals surface area contributed by atoms with Crippen LogP contribution in [0.2, 0.25) is 5.02 Å². The summed E-state index contributed by atoms with van der Waals surface area (Å²) in [6, 6.07) is 9.95.